The van der Waals surface area contributed by atoms with E-state index in [1.165, 1.54) is 18.2 Å². The summed E-state index contributed by atoms with van der Waals surface area (Å²) in [5.74, 6) is 1.23. The second kappa shape index (κ2) is 9.93. The Morgan fingerprint density at radius 1 is 0.971 bits per heavy atom. The molecular formula is C25H28FN5O4. The van der Waals surface area contributed by atoms with E-state index in [4.69, 9.17) is 23.8 Å². The van der Waals surface area contributed by atoms with Crippen molar-refractivity contribution in [1.29, 1.82) is 0 Å². The van der Waals surface area contributed by atoms with Crippen LogP contribution in [0.5, 0.6) is 5.75 Å². The minimum Gasteiger partial charge on any atom is -0.491 e. The number of aryl methyl sites for hydroxylation is 4. The highest BCUT2D eigenvalue weighted by atomic mass is 19.1. The number of halogens is 1. The molecule has 10 heteroatoms. The lowest BCUT2D eigenvalue weighted by molar-refractivity contribution is 0.108. The smallest absolute Gasteiger partial charge is 0.163 e. The largest absolute Gasteiger partial charge is 0.491 e. The maximum atomic E-state index is 15.1. The van der Waals surface area contributed by atoms with Gasteiger partial charge in [0, 0.05) is 12.1 Å². The van der Waals surface area contributed by atoms with E-state index in [-0.39, 0.29) is 18.0 Å². The van der Waals surface area contributed by atoms with Gasteiger partial charge in [-0.1, -0.05) is 10.3 Å². The molecule has 3 heterocycles. The molecule has 1 atom stereocenters. The zero-order valence-corrected chi connectivity index (χ0v) is 20.6. The van der Waals surface area contributed by atoms with Crippen molar-refractivity contribution in [3.8, 4) is 39.7 Å². The van der Waals surface area contributed by atoms with E-state index in [0.717, 1.165) is 16.7 Å². The van der Waals surface area contributed by atoms with E-state index in [9.17, 15) is 5.11 Å². The molecule has 0 aliphatic carbocycles. The van der Waals surface area contributed by atoms with E-state index in [2.05, 4.69) is 15.6 Å². The van der Waals surface area contributed by atoms with Crippen LogP contribution < -0.4 is 10.1 Å². The van der Waals surface area contributed by atoms with Crippen molar-refractivity contribution in [2.45, 2.75) is 40.7 Å². The van der Waals surface area contributed by atoms with Gasteiger partial charge in [0.25, 0.3) is 0 Å². The lowest BCUT2D eigenvalue weighted by Gasteiger charge is -2.15. The molecule has 0 unspecified atom stereocenters. The Morgan fingerprint density at radius 3 is 2.03 bits per heavy atom. The molecule has 0 spiro atoms. The highest BCUT2D eigenvalue weighted by Crippen LogP contribution is 2.37. The van der Waals surface area contributed by atoms with Crippen LogP contribution in [0.2, 0.25) is 0 Å². The summed E-state index contributed by atoms with van der Waals surface area (Å²) in [7, 11) is 1.74. The molecule has 35 heavy (non-hydrogen) atoms. The molecule has 0 aliphatic rings. The summed E-state index contributed by atoms with van der Waals surface area (Å²) >= 11 is 0. The average Bonchev–Trinajstić information content (AvgIpc) is 3.34. The Labute approximate surface area is 202 Å². The van der Waals surface area contributed by atoms with Crippen molar-refractivity contribution in [3.05, 3.63) is 52.5 Å². The molecule has 0 radical (unpaired) electrons. The summed E-state index contributed by atoms with van der Waals surface area (Å²) in [6, 6.07) is 4.33. The van der Waals surface area contributed by atoms with Gasteiger partial charge in [-0.25, -0.2) is 14.4 Å². The van der Waals surface area contributed by atoms with E-state index in [1.54, 1.807) is 20.9 Å². The summed E-state index contributed by atoms with van der Waals surface area (Å²) in [5, 5.41) is 21.0. The molecule has 0 aliphatic heterocycles. The van der Waals surface area contributed by atoms with Crippen LogP contribution in [0.1, 0.15) is 28.5 Å². The predicted octanol–water partition coefficient (Wildman–Crippen LogP) is 4.09. The van der Waals surface area contributed by atoms with Crippen molar-refractivity contribution in [2.75, 3.05) is 20.2 Å². The number of nitrogens with zero attached hydrogens (tertiary/aromatic N) is 4. The topological polar surface area (TPSA) is 119 Å². The van der Waals surface area contributed by atoms with Gasteiger partial charge in [-0.05, 0) is 59.9 Å². The van der Waals surface area contributed by atoms with Crippen molar-refractivity contribution in [1.82, 2.24) is 25.6 Å². The van der Waals surface area contributed by atoms with Crippen LogP contribution >= 0.6 is 0 Å². The van der Waals surface area contributed by atoms with Crippen LogP contribution in [-0.2, 0) is 0 Å². The number of ether oxygens (including phenoxy) is 1. The van der Waals surface area contributed by atoms with Crippen LogP contribution in [-0.4, -0.2) is 51.7 Å². The molecule has 3 aromatic heterocycles. The molecule has 0 fully saturated rings. The maximum Gasteiger partial charge on any atom is 0.163 e. The first-order valence-corrected chi connectivity index (χ1v) is 11.2. The van der Waals surface area contributed by atoms with Gasteiger partial charge in [0.1, 0.15) is 35.8 Å². The Morgan fingerprint density at radius 2 is 1.54 bits per heavy atom. The van der Waals surface area contributed by atoms with E-state index in [0.29, 0.717) is 46.6 Å². The predicted molar refractivity (Wildman–Crippen MR) is 128 cm³/mol. The van der Waals surface area contributed by atoms with Crippen molar-refractivity contribution in [3.63, 3.8) is 0 Å². The lowest BCUT2D eigenvalue weighted by Crippen LogP contribution is -2.29. The van der Waals surface area contributed by atoms with Crippen LogP contribution in [0.4, 0.5) is 4.39 Å². The van der Waals surface area contributed by atoms with E-state index >= 15 is 4.39 Å². The van der Waals surface area contributed by atoms with Crippen LogP contribution in [0.3, 0.4) is 0 Å². The van der Waals surface area contributed by atoms with Gasteiger partial charge in [-0.3, -0.25) is 0 Å². The molecule has 0 bridgehead atoms. The Bertz CT molecular complexity index is 1260. The van der Waals surface area contributed by atoms with Crippen molar-refractivity contribution in [2.24, 2.45) is 0 Å². The summed E-state index contributed by atoms with van der Waals surface area (Å²) < 4.78 is 31.5. The van der Waals surface area contributed by atoms with Gasteiger partial charge >= 0.3 is 0 Å². The molecule has 4 aromatic rings. The first kappa shape index (κ1) is 24.5. The van der Waals surface area contributed by atoms with Crippen LogP contribution in [0.25, 0.3) is 33.9 Å². The molecule has 0 amide bonds. The number of benzene rings is 1. The SMILES string of the molecule is CNC[C@H](O)COc1ccc(F)c(-c2nc(-c3c(C)noc3C)c(C)c(-c3c(C)noc3C)n2)c1. The Kier molecular flexibility index (Phi) is 6.95. The van der Waals surface area contributed by atoms with Gasteiger partial charge < -0.3 is 24.2 Å². The van der Waals surface area contributed by atoms with Gasteiger partial charge in [0.2, 0.25) is 0 Å². The van der Waals surface area contributed by atoms with Gasteiger partial charge in [-0.15, -0.1) is 0 Å². The van der Waals surface area contributed by atoms with E-state index in [1.807, 2.05) is 20.8 Å². The molecule has 0 saturated carbocycles. The normalized spacial score (nSPS) is 12.2. The molecule has 1 aromatic carbocycles. The fraction of sp³-hybridized carbons (Fsp3) is 0.360. The number of nitrogens with one attached hydrogen (secondary N) is 1. The van der Waals surface area contributed by atoms with Crippen molar-refractivity contribution < 1.29 is 23.3 Å². The minimum absolute atomic E-state index is 0.0509. The van der Waals surface area contributed by atoms with E-state index < -0.39 is 11.9 Å². The number of likely N-dealkylation sites (N-methyl/N-ethyl adjacent to an activating group) is 1. The summed E-state index contributed by atoms with van der Waals surface area (Å²) in [6.45, 7) is 9.58. The van der Waals surface area contributed by atoms with Gasteiger partial charge in [-0.2, -0.15) is 0 Å². The lowest BCUT2D eigenvalue weighted by atomic mass is 9.99. The maximum absolute atomic E-state index is 15.1. The summed E-state index contributed by atoms with van der Waals surface area (Å²) in [5.41, 5.74) is 4.86. The first-order chi connectivity index (χ1) is 16.7. The third kappa shape index (κ3) is 4.80. The van der Waals surface area contributed by atoms with Crippen molar-refractivity contribution >= 4 is 0 Å². The number of aliphatic hydroxyl groups excluding tert-OH is 1. The fourth-order valence-corrected chi connectivity index (χ4v) is 4.02. The number of rotatable bonds is 8. The molecule has 2 N–H and O–H groups in total. The second-order valence-electron chi connectivity index (χ2n) is 8.43. The summed E-state index contributed by atoms with van der Waals surface area (Å²) in [6.07, 6.45) is -0.707. The third-order valence-corrected chi connectivity index (χ3v) is 5.75. The minimum atomic E-state index is -0.707. The third-order valence-electron chi connectivity index (χ3n) is 5.75. The van der Waals surface area contributed by atoms with Crippen LogP contribution in [0, 0.1) is 40.4 Å². The summed E-state index contributed by atoms with van der Waals surface area (Å²) in [4.78, 5) is 9.49. The molecule has 184 valence electrons. The van der Waals surface area contributed by atoms with Crippen LogP contribution in [0.15, 0.2) is 27.2 Å². The monoisotopic (exact) mass is 481 g/mol. The standard InChI is InChI=1S/C25H28FN5O4/c1-12-23(21-13(2)30-34-15(21)4)28-25(29-24(12)22-14(3)31-35-16(22)5)19-9-18(7-8-20(19)26)33-11-17(32)10-27-6/h7-9,17,27,32H,10-11H2,1-6H3/t17-/m0/s1. The zero-order chi connectivity index (χ0) is 25.3. The molecular weight excluding hydrogens is 453 g/mol. The number of aromatic nitrogens is 4. The second-order valence-corrected chi connectivity index (χ2v) is 8.43. The highest BCUT2D eigenvalue weighted by molar-refractivity contribution is 5.79. The van der Waals surface area contributed by atoms with Gasteiger partial charge in [0.15, 0.2) is 5.82 Å². The number of aliphatic hydroxyl groups is 1. The molecule has 0 saturated heterocycles. The Balaban J connectivity index is 1.89. The molecule has 9 nitrogen and oxygen atoms in total. The van der Waals surface area contributed by atoms with Gasteiger partial charge in [0.05, 0.1) is 39.5 Å². The molecule has 4 rings (SSSR count). The zero-order valence-electron chi connectivity index (χ0n) is 20.6. The average molecular weight is 482 g/mol. The first-order valence-electron chi connectivity index (χ1n) is 11.2. The fourth-order valence-electron chi connectivity index (χ4n) is 4.02. The number of hydrogen-bond acceptors (Lipinski definition) is 9. The quantitative estimate of drug-likeness (QED) is 0.383. The number of hydrogen-bond donors (Lipinski definition) is 2. The highest BCUT2D eigenvalue weighted by Gasteiger charge is 2.25. The Hall–Kier alpha value is -3.63.